The SMILES string of the molecule is CSCC(C)(O)CNC1CCOC1. The molecular formula is C9H19NO2S. The maximum Gasteiger partial charge on any atom is 0.0833 e. The van der Waals surface area contributed by atoms with E-state index in [0.717, 1.165) is 25.4 Å². The Morgan fingerprint density at radius 2 is 2.46 bits per heavy atom. The number of nitrogens with one attached hydrogen (secondary N) is 1. The van der Waals surface area contributed by atoms with Gasteiger partial charge in [0.25, 0.3) is 0 Å². The molecule has 3 nitrogen and oxygen atoms in total. The third-order valence-corrected chi connectivity index (χ3v) is 3.07. The molecule has 1 saturated heterocycles. The molecule has 0 aromatic carbocycles. The summed E-state index contributed by atoms with van der Waals surface area (Å²) in [5, 5.41) is 13.2. The van der Waals surface area contributed by atoms with Gasteiger partial charge in [0, 0.05) is 24.9 Å². The Morgan fingerprint density at radius 3 is 3.00 bits per heavy atom. The minimum absolute atomic E-state index is 0.438. The van der Waals surface area contributed by atoms with E-state index in [0.29, 0.717) is 12.6 Å². The van der Waals surface area contributed by atoms with E-state index < -0.39 is 5.60 Å². The van der Waals surface area contributed by atoms with Crippen molar-refractivity contribution in [3.05, 3.63) is 0 Å². The first-order valence-corrected chi connectivity index (χ1v) is 6.06. The molecule has 2 atom stereocenters. The molecule has 0 aliphatic carbocycles. The first-order chi connectivity index (χ1) is 6.14. The Hall–Kier alpha value is 0.230. The zero-order valence-corrected chi connectivity index (χ0v) is 9.19. The highest BCUT2D eigenvalue weighted by molar-refractivity contribution is 7.98. The second kappa shape index (κ2) is 5.20. The molecule has 0 spiro atoms. The quantitative estimate of drug-likeness (QED) is 0.685. The van der Waals surface area contributed by atoms with E-state index in [9.17, 15) is 5.11 Å². The van der Waals surface area contributed by atoms with E-state index in [1.807, 2.05) is 13.2 Å². The van der Waals surface area contributed by atoms with Crippen LogP contribution in [0.25, 0.3) is 0 Å². The van der Waals surface area contributed by atoms with Crippen LogP contribution < -0.4 is 5.32 Å². The van der Waals surface area contributed by atoms with Crippen LogP contribution in [0, 0.1) is 0 Å². The lowest BCUT2D eigenvalue weighted by Gasteiger charge is -2.24. The standard InChI is InChI=1S/C9H19NO2S/c1-9(11,7-13-2)6-10-8-3-4-12-5-8/h8,10-11H,3-7H2,1-2H3. The molecule has 0 amide bonds. The van der Waals surface area contributed by atoms with Gasteiger partial charge in [-0.3, -0.25) is 0 Å². The molecule has 1 aliphatic rings. The number of hydrogen-bond donors (Lipinski definition) is 2. The summed E-state index contributed by atoms with van der Waals surface area (Å²) in [6.07, 6.45) is 3.07. The van der Waals surface area contributed by atoms with E-state index in [4.69, 9.17) is 4.74 Å². The highest BCUT2D eigenvalue weighted by Gasteiger charge is 2.22. The number of rotatable bonds is 5. The van der Waals surface area contributed by atoms with Crippen LogP contribution in [-0.4, -0.2) is 48.5 Å². The van der Waals surface area contributed by atoms with E-state index in [2.05, 4.69) is 5.32 Å². The molecule has 1 fully saturated rings. The fraction of sp³-hybridized carbons (Fsp3) is 1.00. The molecule has 0 aromatic rings. The van der Waals surface area contributed by atoms with Crippen molar-refractivity contribution in [2.75, 3.05) is 31.8 Å². The third-order valence-electron chi connectivity index (χ3n) is 2.16. The van der Waals surface area contributed by atoms with E-state index in [1.165, 1.54) is 0 Å². The van der Waals surface area contributed by atoms with Crippen molar-refractivity contribution in [3.63, 3.8) is 0 Å². The van der Waals surface area contributed by atoms with Gasteiger partial charge >= 0.3 is 0 Å². The van der Waals surface area contributed by atoms with Gasteiger partial charge in [0.15, 0.2) is 0 Å². The van der Waals surface area contributed by atoms with Gasteiger partial charge in [-0.2, -0.15) is 11.8 Å². The van der Waals surface area contributed by atoms with Gasteiger partial charge in [-0.05, 0) is 19.6 Å². The topological polar surface area (TPSA) is 41.5 Å². The summed E-state index contributed by atoms with van der Waals surface area (Å²) in [5.41, 5.74) is -0.595. The maximum absolute atomic E-state index is 9.85. The van der Waals surface area contributed by atoms with Crippen molar-refractivity contribution in [1.82, 2.24) is 5.32 Å². The Kier molecular flexibility index (Phi) is 4.52. The third kappa shape index (κ3) is 4.31. The molecular weight excluding hydrogens is 186 g/mol. The number of hydrogen-bond acceptors (Lipinski definition) is 4. The summed E-state index contributed by atoms with van der Waals surface area (Å²) in [4.78, 5) is 0. The van der Waals surface area contributed by atoms with Crippen LogP contribution >= 0.6 is 11.8 Å². The molecule has 13 heavy (non-hydrogen) atoms. The van der Waals surface area contributed by atoms with E-state index in [1.54, 1.807) is 11.8 Å². The van der Waals surface area contributed by atoms with Crippen molar-refractivity contribution in [3.8, 4) is 0 Å². The normalized spacial score (nSPS) is 27.5. The summed E-state index contributed by atoms with van der Waals surface area (Å²) >= 11 is 1.67. The van der Waals surface area contributed by atoms with Gasteiger partial charge in [0.1, 0.15) is 0 Å². The molecule has 2 N–H and O–H groups in total. The van der Waals surface area contributed by atoms with E-state index >= 15 is 0 Å². The second-order valence-electron chi connectivity index (χ2n) is 3.87. The zero-order valence-electron chi connectivity index (χ0n) is 8.38. The zero-order chi connectivity index (χ0) is 9.73. The van der Waals surface area contributed by atoms with Crippen LogP contribution in [0.5, 0.6) is 0 Å². The monoisotopic (exact) mass is 205 g/mol. The molecule has 2 unspecified atom stereocenters. The number of ether oxygens (including phenoxy) is 1. The summed E-state index contributed by atoms with van der Waals surface area (Å²) in [5.74, 6) is 0.771. The van der Waals surface area contributed by atoms with Crippen LogP contribution in [0.15, 0.2) is 0 Å². The fourth-order valence-corrected chi connectivity index (χ4v) is 2.15. The summed E-state index contributed by atoms with van der Waals surface area (Å²) in [7, 11) is 0. The Bertz CT molecular complexity index is 147. The lowest BCUT2D eigenvalue weighted by Crippen LogP contribution is -2.44. The number of thioether (sulfide) groups is 1. The van der Waals surface area contributed by atoms with Crippen LogP contribution in [0.3, 0.4) is 0 Å². The first-order valence-electron chi connectivity index (χ1n) is 4.66. The van der Waals surface area contributed by atoms with Gasteiger partial charge in [0.05, 0.1) is 12.2 Å². The molecule has 0 radical (unpaired) electrons. The van der Waals surface area contributed by atoms with Crippen molar-refractivity contribution in [2.24, 2.45) is 0 Å². The Morgan fingerprint density at radius 1 is 1.69 bits per heavy atom. The first kappa shape index (κ1) is 11.3. The van der Waals surface area contributed by atoms with Crippen LogP contribution in [0.2, 0.25) is 0 Å². The van der Waals surface area contributed by atoms with Crippen LogP contribution in [0.1, 0.15) is 13.3 Å². The van der Waals surface area contributed by atoms with Crippen LogP contribution in [0.4, 0.5) is 0 Å². The van der Waals surface area contributed by atoms with Gasteiger partial charge in [-0.1, -0.05) is 0 Å². The minimum Gasteiger partial charge on any atom is -0.388 e. The minimum atomic E-state index is -0.595. The largest absolute Gasteiger partial charge is 0.388 e. The highest BCUT2D eigenvalue weighted by atomic mass is 32.2. The second-order valence-corrected chi connectivity index (χ2v) is 4.74. The maximum atomic E-state index is 9.85. The summed E-state index contributed by atoms with van der Waals surface area (Å²) in [6.45, 7) is 4.16. The van der Waals surface area contributed by atoms with Crippen molar-refractivity contribution < 1.29 is 9.84 Å². The average molecular weight is 205 g/mol. The lowest BCUT2D eigenvalue weighted by atomic mass is 10.1. The molecule has 78 valence electrons. The van der Waals surface area contributed by atoms with Crippen molar-refractivity contribution in [2.45, 2.75) is 25.0 Å². The summed E-state index contributed by atoms with van der Waals surface area (Å²) < 4.78 is 5.23. The van der Waals surface area contributed by atoms with Crippen molar-refractivity contribution >= 4 is 11.8 Å². The van der Waals surface area contributed by atoms with E-state index in [-0.39, 0.29) is 0 Å². The predicted molar refractivity (Wildman–Crippen MR) is 56.2 cm³/mol. The predicted octanol–water partition coefficient (Wildman–Crippen LogP) is 0.479. The average Bonchev–Trinajstić information content (AvgIpc) is 2.52. The fourth-order valence-electron chi connectivity index (χ4n) is 1.42. The molecule has 1 heterocycles. The van der Waals surface area contributed by atoms with Gasteiger partial charge < -0.3 is 15.2 Å². The summed E-state index contributed by atoms with van der Waals surface area (Å²) in [6, 6.07) is 0.438. The molecule has 0 bridgehead atoms. The smallest absolute Gasteiger partial charge is 0.0833 e. The molecule has 1 aliphatic heterocycles. The van der Waals surface area contributed by atoms with Crippen LogP contribution in [-0.2, 0) is 4.74 Å². The van der Waals surface area contributed by atoms with Gasteiger partial charge in [-0.15, -0.1) is 0 Å². The lowest BCUT2D eigenvalue weighted by molar-refractivity contribution is 0.0803. The van der Waals surface area contributed by atoms with Gasteiger partial charge in [0.2, 0.25) is 0 Å². The molecule has 0 aromatic heterocycles. The van der Waals surface area contributed by atoms with Gasteiger partial charge in [-0.25, -0.2) is 0 Å². The Labute approximate surface area is 84.2 Å². The van der Waals surface area contributed by atoms with Crippen molar-refractivity contribution in [1.29, 1.82) is 0 Å². The molecule has 4 heteroatoms. The highest BCUT2D eigenvalue weighted by Crippen LogP contribution is 2.11. The molecule has 1 rings (SSSR count). The molecule has 0 saturated carbocycles. The number of aliphatic hydroxyl groups is 1. The Balaban J connectivity index is 2.15.